The van der Waals surface area contributed by atoms with Gasteiger partial charge in [0.05, 0.1) is 6.33 Å². The zero-order chi connectivity index (χ0) is 13.8. The van der Waals surface area contributed by atoms with Crippen LogP contribution < -0.4 is 10.6 Å². The van der Waals surface area contributed by atoms with Crippen molar-refractivity contribution in [2.24, 2.45) is 0 Å². The van der Waals surface area contributed by atoms with Crippen molar-refractivity contribution in [3.05, 3.63) is 48.0 Å². The van der Waals surface area contributed by atoms with Crippen molar-refractivity contribution in [2.75, 3.05) is 18.4 Å². The first-order chi connectivity index (χ1) is 9.83. The number of hydrogen-bond acceptors (Lipinski definition) is 3. The predicted molar refractivity (Wildman–Crippen MR) is 77.8 cm³/mol. The highest BCUT2D eigenvalue weighted by atomic mass is 16.1. The topological polar surface area (TPSA) is 59.0 Å². The summed E-state index contributed by atoms with van der Waals surface area (Å²) in [6.07, 6.45) is 7.53. The maximum absolute atomic E-state index is 12.1. The van der Waals surface area contributed by atoms with E-state index in [4.69, 9.17) is 0 Å². The number of nitrogens with one attached hydrogen (secondary N) is 2. The Labute approximate surface area is 118 Å². The smallest absolute Gasteiger partial charge is 0.251 e. The van der Waals surface area contributed by atoms with E-state index in [-0.39, 0.29) is 5.91 Å². The zero-order valence-corrected chi connectivity index (χ0v) is 11.3. The first kappa shape index (κ1) is 12.7. The molecule has 2 aromatic rings. The van der Waals surface area contributed by atoms with Gasteiger partial charge in [-0.3, -0.25) is 4.79 Å². The van der Waals surface area contributed by atoms with Crippen molar-refractivity contribution in [3.8, 4) is 0 Å². The molecule has 5 heteroatoms. The Kier molecular flexibility index (Phi) is 3.67. The molecule has 2 N–H and O–H groups in total. The Bertz CT molecular complexity index is 592. The zero-order valence-electron chi connectivity index (χ0n) is 11.3. The normalized spacial score (nSPS) is 13.4. The van der Waals surface area contributed by atoms with Crippen LogP contribution in [0.25, 0.3) is 0 Å². The lowest BCUT2D eigenvalue weighted by atomic mass is 10.0. The van der Waals surface area contributed by atoms with Crippen LogP contribution >= 0.6 is 0 Å². The van der Waals surface area contributed by atoms with E-state index in [1.54, 1.807) is 12.5 Å². The molecule has 0 atom stereocenters. The van der Waals surface area contributed by atoms with E-state index < -0.39 is 0 Å². The number of rotatable bonds is 4. The molecule has 20 heavy (non-hydrogen) atoms. The van der Waals surface area contributed by atoms with E-state index >= 15 is 0 Å². The van der Waals surface area contributed by atoms with Crippen LogP contribution in [0, 0.1) is 0 Å². The summed E-state index contributed by atoms with van der Waals surface area (Å²) in [6, 6.07) is 5.87. The molecule has 0 unspecified atom stereocenters. The van der Waals surface area contributed by atoms with Crippen LogP contribution in [0.4, 0.5) is 5.69 Å². The van der Waals surface area contributed by atoms with E-state index in [2.05, 4.69) is 15.6 Å². The summed E-state index contributed by atoms with van der Waals surface area (Å²) in [5.41, 5.74) is 3.13. The Hall–Kier alpha value is -2.30. The maximum atomic E-state index is 12.1. The molecule has 1 aromatic heterocycles. The van der Waals surface area contributed by atoms with E-state index in [9.17, 15) is 4.79 Å². The third-order valence-corrected chi connectivity index (χ3v) is 3.52. The summed E-state index contributed by atoms with van der Waals surface area (Å²) in [5, 5.41) is 6.28. The van der Waals surface area contributed by atoms with Gasteiger partial charge in [-0.2, -0.15) is 0 Å². The number of benzene rings is 1. The van der Waals surface area contributed by atoms with Gasteiger partial charge in [0.25, 0.3) is 5.91 Å². The van der Waals surface area contributed by atoms with Gasteiger partial charge in [0, 0.05) is 43.3 Å². The molecule has 3 rings (SSSR count). The van der Waals surface area contributed by atoms with Crippen molar-refractivity contribution in [1.82, 2.24) is 14.9 Å². The highest BCUT2D eigenvalue weighted by Gasteiger charge is 2.12. The van der Waals surface area contributed by atoms with Gasteiger partial charge in [-0.1, -0.05) is 0 Å². The highest BCUT2D eigenvalue weighted by Crippen LogP contribution is 2.22. The molecule has 1 aliphatic rings. The van der Waals surface area contributed by atoms with E-state index in [0.29, 0.717) is 6.54 Å². The summed E-state index contributed by atoms with van der Waals surface area (Å²) in [7, 11) is 0. The lowest BCUT2D eigenvalue weighted by Gasteiger charge is -2.18. The van der Waals surface area contributed by atoms with Crippen LogP contribution in [0.1, 0.15) is 22.3 Å². The van der Waals surface area contributed by atoms with Gasteiger partial charge in [-0.25, -0.2) is 4.98 Å². The molecule has 0 spiro atoms. The van der Waals surface area contributed by atoms with Crippen LogP contribution in [0.15, 0.2) is 36.9 Å². The van der Waals surface area contributed by atoms with Crippen molar-refractivity contribution in [1.29, 1.82) is 0 Å². The Morgan fingerprint density at radius 2 is 2.40 bits per heavy atom. The molecular weight excluding hydrogens is 252 g/mol. The van der Waals surface area contributed by atoms with Crippen molar-refractivity contribution in [2.45, 2.75) is 19.4 Å². The number of aromatic nitrogens is 2. The molecule has 1 aromatic carbocycles. The fourth-order valence-electron chi connectivity index (χ4n) is 2.44. The molecule has 0 saturated carbocycles. The number of carbonyl (C=O) groups is 1. The second kappa shape index (κ2) is 5.77. The Balaban J connectivity index is 1.59. The van der Waals surface area contributed by atoms with Crippen LogP contribution in [0.3, 0.4) is 0 Å². The first-order valence-electron chi connectivity index (χ1n) is 6.94. The van der Waals surface area contributed by atoms with Gasteiger partial charge in [0.15, 0.2) is 0 Å². The first-order valence-corrected chi connectivity index (χ1v) is 6.94. The Morgan fingerprint density at radius 3 is 3.25 bits per heavy atom. The molecule has 0 bridgehead atoms. The van der Waals surface area contributed by atoms with Crippen LogP contribution in [0.5, 0.6) is 0 Å². The van der Waals surface area contributed by atoms with Gasteiger partial charge in [0.1, 0.15) is 0 Å². The monoisotopic (exact) mass is 270 g/mol. The molecule has 104 valence electrons. The molecule has 5 nitrogen and oxygen atoms in total. The minimum Gasteiger partial charge on any atom is -0.385 e. The number of hydrogen-bond donors (Lipinski definition) is 2. The minimum absolute atomic E-state index is 0.0153. The lowest BCUT2D eigenvalue weighted by Crippen LogP contribution is -2.27. The number of imidazole rings is 1. The molecule has 2 heterocycles. The molecule has 0 fully saturated rings. The minimum atomic E-state index is -0.0153. The number of nitrogens with zero attached hydrogens (tertiary/aromatic N) is 2. The van der Waals surface area contributed by atoms with Gasteiger partial charge in [-0.15, -0.1) is 0 Å². The maximum Gasteiger partial charge on any atom is 0.251 e. The van der Waals surface area contributed by atoms with Crippen molar-refractivity contribution < 1.29 is 4.79 Å². The number of amides is 1. The van der Waals surface area contributed by atoms with Gasteiger partial charge >= 0.3 is 0 Å². The average molecular weight is 270 g/mol. The molecular formula is C15H18N4O. The number of fused-ring (bicyclic) bond motifs is 1. The van der Waals surface area contributed by atoms with Crippen molar-refractivity contribution in [3.63, 3.8) is 0 Å². The molecule has 0 radical (unpaired) electrons. The molecule has 0 saturated heterocycles. The quantitative estimate of drug-likeness (QED) is 0.888. The average Bonchev–Trinajstić information content (AvgIpc) is 3.00. The number of aryl methyl sites for hydroxylation is 1. The third kappa shape index (κ3) is 2.82. The summed E-state index contributed by atoms with van der Waals surface area (Å²) in [6.45, 7) is 2.35. The van der Waals surface area contributed by atoms with E-state index in [0.717, 1.165) is 37.2 Å². The largest absolute Gasteiger partial charge is 0.385 e. The van der Waals surface area contributed by atoms with Gasteiger partial charge < -0.3 is 15.2 Å². The highest BCUT2D eigenvalue weighted by molar-refractivity contribution is 5.94. The standard InChI is InChI=1S/C15H18N4O/c20-15(18-7-9-19-8-6-16-11-19)13-3-4-14-12(10-13)2-1-5-17-14/h3-4,6,8,10-11,17H,1-2,5,7,9H2,(H,18,20). The van der Waals surface area contributed by atoms with E-state index in [1.807, 2.05) is 29.0 Å². The second-order valence-electron chi connectivity index (χ2n) is 4.96. The van der Waals surface area contributed by atoms with Gasteiger partial charge in [-0.05, 0) is 36.6 Å². The fourth-order valence-corrected chi connectivity index (χ4v) is 2.44. The van der Waals surface area contributed by atoms with Crippen molar-refractivity contribution >= 4 is 11.6 Å². The molecule has 1 amide bonds. The molecule has 0 aliphatic carbocycles. The second-order valence-corrected chi connectivity index (χ2v) is 4.96. The fraction of sp³-hybridized carbons (Fsp3) is 0.333. The summed E-state index contributed by atoms with van der Waals surface area (Å²) in [4.78, 5) is 16.1. The predicted octanol–water partition coefficient (Wildman–Crippen LogP) is 1.67. The summed E-state index contributed by atoms with van der Waals surface area (Å²) in [5.74, 6) is -0.0153. The lowest BCUT2D eigenvalue weighted by molar-refractivity contribution is 0.0952. The van der Waals surface area contributed by atoms with Gasteiger partial charge in [0.2, 0.25) is 0 Å². The van der Waals surface area contributed by atoms with E-state index in [1.165, 1.54) is 5.56 Å². The third-order valence-electron chi connectivity index (χ3n) is 3.52. The summed E-state index contributed by atoms with van der Waals surface area (Å²) < 4.78 is 1.94. The number of anilines is 1. The molecule has 1 aliphatic heterocycles. The summed E-state index contributed by atoms with van der Waals surface area (Å²) >= 11 is 0. The number of carbonyl (C=O) groups excluding carboxylic acids is 1. The Morgan fingerprint density at radius 1 is 1.45 bits per heavy atom. The SMILES string of the molecule is O=C(NCCn1ccnc1)c1ccc2c(c1)CCCN2. The van der Waals surface area contributed by atoms with Crippen LogP contribution in [-0.2, 0) is 13.0 Å². The van der Waals surface area contributed by atoms with Crippen LogP contribution in [-0.4, -0.2) is 28.5 Å². The van der Waals surface area contributed by atoms with Crippen LogP contribution in [0.2, 0.25) is 0 Å².